The van der Waals surface area contributed by atoms with Gasteiger partial charge in [-0.15, -0.1) is 0 Å². The Morgan fingerprint density at radius 2 is 1.78 bits per heavy atom. The molecule has 23 heavy (non-hydrogen) atoms. The van der Waals surface area contributed by atoms with Crippen molar-refractivity contribution in [3.05, 3.63) is 65.2 Å². The number of nitrogens with one attached hydrogen (secondary N) is 5. The van der Waals surface area contributed by atoms with Crippen molar-refractivity contribution in [2.24, 2.45) is 0 Å². The van der Waals surface area contributed by atoms with E-state index >= 15 is 0 Å². The molecule has 2 unspecified atom stereocenters. The van der Waals surface area contributed by atoms with E-state index in [0.717, 1.165) is 11.3 Å². The second kappa shape index (κ2) is 7.43. The number of hydrazine groups is 2. The maximum absolute atomic E-state index is 12.4. The van der Waals surface area contributed by atoms with E-state index in [2.05, 4.69) is 27.0 Å². The van der Waals surface area contributed by atoms with Gasteiger partial charge in [0.2, 0.25) is 5.91 Å². The topological polar surface area (TPSA) is 77.2 Å². The smallest absolute Gasteiger partial charge is 0.242 e. The van der Waals surface area contributed by atoms with Crippen LogP contribution in [0.2, 0.25) is 5.02 Å². The maximum Gasteiger partial charge on any atom is 0.242 e. The first kappa shape index (κ1) is 15.8. The average Bonchev–Trinajstić information content (AvgIpc) is 3.04. The first-order valence-corrected chi connectivity index (χ1v) is 7.70. The first-order chi connectivity index (χ1) is 11.2. The fourth-order valence-corrected chi connectivity index (χ4v) is 2.45. The zero-order chi connectivity index (χ0) is 16.1. The lowest BCUT2D eigenvalue weighted by Gasteiger charge is -2.20. The number of halogens is 1. The lowest BCUT2D eigenvalue weighted by Crippen LogP contribution is -2.50. The molecule has 0 aliphatic carbocycles. The van der Waals surface area contributed by atoms with Gasteiger partial charge in [-0.05, 0) is 29.8 Å². The molecule has 120 valence electrons. The minimum absolute atomic E-state index is 0.0992. The number of rotatable bonds is 5. The molecule has 1 heterocycles. The molecule has 0 bridgehead atoms. The van der Waals surface area contributed by atoms with Crippen LogP contribution in [0, 0.1) is 0 Å². The molecular weight excluding hydrogens is 314 g/mol. The third-order valence-corrected chi connectivity index (χ3v) is 3.80. The highest BCUT2D eigenvalue weighted by atomic mass is 35.5. The van der Waals surface area contributed by atoms with Gasteiger partial charge in [-0.25, -0.2) is 10.9 Å². The summed E-state index contributed by atoms with van der Waals surface area (Å²) >= 11 is 5.87. The van der Waals surface area contributed by atoms with Crippen LogP contribution in [-0.4, -0.2) is 18.1 Å². The fourth-order valence-electron chi connectivity index (χ4n) is 2.32. The summed E-state index contributed by atoms with van der Waals surface area (Å²) in [5.74, 6) is -0.0992. The Morgan fingerprint density at radius 1 is 1.04 bits per heavy atom. The molecule has 1 saturated heterocycles. The van der Waals surface area contributed by atoms with Gasteiger partial charge in [0.05, 0.1) is 0 Å². The van der Waals surface area contributed by atoms with E-state index < -0.39 is 6.04 Å². The zero-order valence-corrected chi connectivity index (χ0v) is 13.1. The number of hydrogen-bond acceptors (Lipinski definition) is 5. The number of hydrogen-bond donors (Lipinski definition) is 5. The number of benzene rings is 2. The molecule has 2 atom stereocenters. The summed E-state index contributed by atoms with van der Waals surface area (Å²) in [6.45, 7) is 0.492. The fraction of sp³-hybridized carbons (Fsp3) is 0.188. The Morgan fingerprint density at radius 3 is 2.52 bits per heavy atom. The van der Waals surface area contributed by atoms with E-state index in [1.807, 2.05) is 42.5 Å². The van der Waals surface area contributed by atoms with Crippen molar-refractivity contribution in [2.45, 2.75) is 18.8 Å². The van der Waals surface area contributed by atoms with Crippen LogP contribution < -0.4 is 27.0 Å². The summed E-state index contributed by atoms with van der Waals surface area (Å²) in [7, 11) is 0. The summed E-state index contributed by atoms with van der Waals surface area (Å²) in [5.41, 5.74) is 10.6. The van der Waals surface area contributed by atoms with Gasteiger partial charge in [0.15, 0.2) is 0 Å². The summed E-state index contributed by atoms with van der Waals surface area (Å²) in [4.78, 5) is 12.4. The molecule has 2 aromatic rings. The minimum Gasteiger partial charge on any atom is -0.367 e. The Bertz CT molecular complexity index is 649. The van der Waals surface area contributed by atoms with Crippen molar-refractivity contribution in [1.82, 2.24) is 21.7 Å². The monoisotopic (exact) mass is 331 g/mol. The molecular formula is C16H18ClN5O. The SMILES string of the molecule is O=C(NCc1ccccc1)C1NNNC1Nc1ccc(Cl)cc1. The highest BCUT2D eigenvalue weighted by molar-refractivity contribution is 6.30. The van der Waals surface area contributed by atoms with Crippen molar-refractivity contribution < 1.29 is 4.79 Å². The molecule has 6 nitrogen and oxygen atoms in total. The molecule has 7 heteroatoms. The van der Waals surface area contributed by atoms with Gasteiger partial charge >= 0.3 is 0 Å². The van der Waals surface area contributed by atoms with Crippen LogP contribution in [-0.2, 0) is 11.3 Å². The molecule has 1 aliphatic heterocycles. The molecule has 1 fully saturated rings. The van der Waals surface area contributed by atoms with Gasteiger partial charge in [0.1, 0.15) is 12.2 Å². The number of amides is 1. The highest BCUT2D eigenvalue weighted by Crippen LogP contribution is 2.15. The van der Waals surface area contributed by atoms with Crippen molar-refractivity contribution >= 4 is 23.2 Å². The number of anilines is 1. The van der Waals surface area contributed by atoms with Crippen molar-refractivity contribution in [3.8, 4) is 0 Å². The molecule has 2 aromatic carbocycles. The third kappa shape index (κ3) is 4.20. The normalized spacial score (nSPS) is 20.2. The first-order valence-electron chi connectivity index (χ1n) is 7.32. The molecule has 1 aliphatic rings. The summed E-state index contributed by atoms with van der Waals surface area (Å²) in [6, 6.07) is 16.7. The second-order valence-electron chi connectivity index (χ2n) is 5.22. The molecule has 0 aromatic heterocycles. The van der Waals surface area contributed by atoms with Crippen molar-refractivity contribution in [2.75, 3.05) is 5.32 Å². The molecule has 0 saturated carbocycles. The van der Waals surface area contributed by atoms with Crippen LogP contribution in [0.3, 0.4) is 0 Å². The Balaban J connectivity index is 1.57. The van der Waals surface area contributed by atoms with Crippen LogP contribution in [0.4, 0.5) is 5.69 Å². The largest absolute Gasteiger partial charge is 0.367 e. The molecule has 0 radical (unpaired) electrons. The predicted molar refractivity (Wildman–Crippen MR) is 90.3 cm³/mol. The number of carbonyl (C=O) groups is 1. The lowest BCUT2D eigenvalue weighted by atomic mass is 10.2. The van der Waals surface area contributed by atoms with E-state index in [1.165, 1.54) is 0 Å². The summed E-state index contributed by atoms with van der Waals surface area (Å²) < 4.78 is 0. The molecule has 1 amide bonds. The lowest BCUT2D eigenvalue weighted by molar-refractivity contribution is -0.123. The summed E-state index contributed by atoms with van der Waals surface area (Å²) in [6.07, 6.45) is -0.285. The highest BCUT2D eigenvalue weighted by Gasteiger charge is 2.32. The van der Waals surface area contributed by atoms with Crippen LogP contribution >= 0.6 is 11.6 Å². The predicted octanol–water partition coefficient (Wildman–Crippen LogP) is 1.38. The van der Waals surface area contributed by atoms with Crippen LogP contribution in [0.15, 0.2) is 54.6 Å². The Kier molecular flexibility index (Phi) is 5.09. The van der Waals surface area contributed by atoms with E-state index in [0.29, 0.717) is 11.6 Å². The van der Waals surface area contributed by atoms with E-state index in [9.17, 15) is 4.79 Å². The van der Waals surface area contributed by atoms with Gasteiger partial charge in [-0.3, -0.25) is 4.79 Å². The molecule has 3 rings (SSSR count). The van der Waals surface area contributed by atoms with Gasteiger partial charge in [0.25, 0.3) is 0 Å². The Hall–Kier alpha value is -2.12. The van der Waals surface area contributed by atoms with E-state index in [4.69, 9.17) is 11.6 Å². The minimum atomic E-state index is -0.450. The second-order valence-corrected chi connectivity index (χ2v) is 5.66. The quantitative estimate of drug-likeness (QED) is 0.572. The van der Waals surface area contributed by atoms with E-state index in [-0.39, 0.29) is 12.1 Å². The van der Waals surface area contributed by atoms with Crippen LogP contribution in [0.25, 0.3) is 0 Å². The van der Waals surface area contributed by atoms with Crippen molar-refractivity contribution in [3.63, 3.8) is 0 Å². The Labute approximate surface area is 139 Å². The van der Waals surface area contributed by atoms with Gasteiger partial charge in [-0.1, -0.05) is 41.9 Å². The standard InChI is InChI=1S/C16H18ClN5O/c17-12-6-8-13(9-7-12)19-15-14(20-22-21-15)16(23)18-10-11-4-2-1-3-5-11/h1-9,14-15,19-22H,10H2,(H,18,23). The third-order valence-electron chi connectivity index (χ3n) is 3.55. The van der Waals surface area contributed by atoms with Crippen molar-refractivity contribution in [1.29, 1.82) is 0 Å². The van der Waals surface area contributed by atoms with Gasteiger partial charge in [-0.2, -0.15) is 5.53 Å². The van der Waals surface area contributed by atoms with E-state index in [1.54, 1.807) is 12.1 Å². The molecule has 0 spiro atoms. The zero-order valence-electron chi connectivity index (χ0n) is 12.3. The molecule has 5 N–H and O–H groups in total. The van der Waals surface area contributed by atoms with Gasteiger partial charge in [0, 0.05) is 17.3 Å². The average molecular weight is 332 g/mol. The summed E-state index contributed by atoms with van der Waals surface area (Å²) in [5, 5.41) is 6.83. The number of carbonyl (C=O) groups excluding carboxylic acids is 1. The van der Waals surface area contributed by atoms with Gasteiger partial charge < -0.3 is 10.6 Å². The maximum atomic E-state index is 12.4. The van der Waals surface area contributed by atoms with Crippen LogP contribution in [0.1, 0.15) is 5.56 Å². The van der Waals surface area contributed by atoms with Crippen LogP contribution in [0.5, 0.6) is 0 Å².